The van der Waals surface area contributed by atoms with Gasteiger partial charge < -0.3 is 9.84 Å². The molecule has 1 heterocycles. The molecular formula is C11H10INO3. The van der Waals surface area contributed by atoms with Gasteiger partial charge in [0.25, 0.3) is 0 Å². The van der Waals surface area contributed by atoms with Crippen molar-refractivity contribution in [2.24, 2.45) is 0 Å². The fourth-order valence-electron chi connectivity index (χ4n) is 1.55. The van der Waals surface area contributed by atoms with Gasteiger partial charge in [0.1, 0.15) is 0 Å². The monoisotopic (exact) mass is 331 g/mol. The van der Waals surface area contributed by atoms with E-state index in [-0.39, 0.29) is 12.5 Å². The smallest absolute Gasteiger partial charge is 0.421 e. The van der Waals surface area contributed by atoms with Gasteiger partial charge >= 0.3 is 6.09 Å². The molecule has 0 saturated carbocycles. The van der Waals surface area contributed by atoms with Crippen LogP contribution in [0.2, 0.25) is 0 Å². The first-order chi connectivity index (χ1) is 7.63. The van der Waals surface area contributed by atoms with E-state index in [1.165, 1.54) is 0 Å². The first kappa shape index (κ1) is 11.3. The summed E-state index contributed by atoms with van der Waals surface area (Å²) in [5, 5.41) is 10.5. The molecule has 2 aromatic rings. The molecule has 5 heteroatoms. The maximum Gasteiger partial charge on any atom is 0.421 e. The summed E-state index contributed by atoms with van der Waals surface area (Å²) in [6.45, 7) is 2.01. The topological polar surface area (TPSA) is 51.5 Å². The third-order valence-corrected chi connectivity index (χ3v) is 2.87. The Labute approximate surface area is 106 Å². The molecule has 2 rings (SSSR count). The molecule has 16 heavy (non-hydrogen) atoms. The van der Waals surface area contributed by atoms with Crippen LogP contribution in [0.4, 0.5) is 4.79 Å². The van der Waals surface area contributed by atoms with Crippen LogP contribution in [0.15, 0.2) is 24.3 Å². The van der Waals surface area contributed by atoms with Gasteiger partial charge in [-0.05, 0) is 47.7 Å². The second-order valence-corrected chi connectivity index (χ2v) is 4.49. The van der Waals surface area contributed by atoms with Crippen LogP contribution in [-0.2, 0) is 4.74 Å². The van der Waals surface area contributed by atoms with Crippen molar-refractivity contribution in [3.8, 4) is 5.88 Å². The third-order valence-electron chi connectivity index (χ3n) is 2.19. The number of carbonyl (C=O) groups is 1. The lowest BCUT2D eigenvalue weighted by molar-refractivity contribution is 0.152. The minimum absolute atomic E-state index is 0.101. The summed E-state index contributed by atoms with van der Waals surface area (Å²) in [7, 11) is 0. The number of aromatic nitrogens is 1. The van der Waals surface area contributed by atoms with Gasteiger partial charge in [-0.25, -0.2) is 9.36 Å². The number of fused-ring (bicyclic) bond motifs is 1. The minimum atomic E-state index is -0.559. The Morgan fingerprint density at radius 1 is 1.50 bits per heavy atom. The van der Waals surface area contributed by atoms with Crippen molar-refractivity contribution in [2.45, 2.75) is 6.92 Å². The third kappa shape index (κ3) is 1.87. The molecule has 1 N–H and O–H groups in total. The lowest BCUT2D eigenvalue weighted by Crippen LogP contribution is -2.12. The van der Waals surface area contributed by atoms with Crippen molar-refractivity contribution in [1.82, 2.24) is 4.57 Å². The molecule has 0 unspecified atom stereocenters. The summed E-state index contributed by atoms with van der Waals surface area (Å²) in [5.41, 5.74) is 0.649. The molecule has 4 nitrogen and oxygen atoms in total. The van der Waals surface area contributed by atoms with Crippen LogP contribution < -0.4 is 0 Å². The summed E-state index contributed by atoms with van der Waals surface area (Å²) in [4.78, 5) is 11.6. The molecule has 84 valence electrons. The van der Waals surface area contributed by atoms with E-state index in [9.17, 15) is 9.90 Å². The average Bonchev–Trinajstić information content (AvgIpc) is 2.53. The number of hydrogen-bond acceptors (Lipinski definition) is 3. The highest BCUT2D eigenvalue weighted by atomic mass is 127. The molecule has 0 fully saturated rings. The number of carbonyl (C=O) groups excluding carboxylic acids is 1. The number of halogens is 1. The lowest BCUT2D eigenvalue weighted by Gasteiger charge is -2.05. The molecule has 1 aromatic carbocycles. The van der Waals surface area contributed by atoms with Gasteiger partial charge in [0.2, 0.25) is 5.88 Å². The molecule has 0 bridgehead atoms. The molecular weight excluding hydrogens is 321 g/mol. The molecule has 0 atom stereocenters. The SMILES string of the molecule is CCOC(=O)n1c(O)cc2cc(I)ccc21. The van der Waals surface area contributed by atoms with E-state index < -0.39 is 6.09 Å². The van der Waals surface area contributed by atoms with Crippen LogP contribution in [-0.4, -0.2) is 22.4 Å². The van der Waals surface area contributed by atoms with Gasteiger partial charge in [0.05, 0.1) is 12.1 Å². The number of hydrogen-bond donors (Lipinski definition) is 1. The lowest BCUT2D eigenvalue weighted by atomic mass is 10.2. The second-order valence-electron chi connectivity index (χ2n) is 3.24. The Morgan fingerprint density at radius 3 is 2.94 bits per heavy atom. The minimum Gasteiger partial charge on any atom is -0.494 e. The highest BCUT2D eigenvalue weighted by Crippen LogP contribution is 2.26. The molecule has 1 aromatic heterocycles. The first-order valence-electron chi connectivity index (χ1n) is 4.80. The number of ether oxygens (including phenoxy) is 1. The van der Waals surface area contributed by atoms with Crippen molar-refractivity contribution in [2.75, 3.05) is 6.61 Å². The van der Waals surface area contributed by atoms with Crippen molar-refractivity contribution < 1.29 is 14.6 Å². The van der Waals surface area contributed by atoms with Crippen LogP contribution in [0.25, 0.3) is 10.9 Å². The van der Waals surface area contributed by atoms with E-state index in [2.05, 4.69) is 22.6 Å². The summed E-state index contributed by atoms with van der Waals surface area (Å²) in [6.07, 6.45) is -0.559. The maximum absolute atomic E-state index is 11.6. The number of benzene rings is 1. The zero-order valence-corrected chi connectivity index (χ0v) is 10.8. The van der Waals surface area contributed by atoms with Crippen molar-refractivity contribution in [1.29, 1.82) is 0 Å². The molecule has 0 spiro atoms. The predicted molar refractivity (Wildman–Crippen MR) is 68.7 cm³/mol. The number of aromatic hydroxyl groups is 1. The largest absolute Gasteiger partial charge is 0.494 e. The molecule has 0 saturated heterocycles. The van der Waals surface area contributed by atoms with Gasteiger partial charge in [-0.3, -0.25) is 0 Å². The summed E-state index contributed by atoms with van der Waals surface area (Å²) >= 11 is 2.18. The zero-order valence-electron chi connectivity index (χ0n) is 8.61. The van der Waals surface area contributed by atoms with E-state index in [4.69, 9.17) is 4.74 Å². The Kier molecular flexibility index (Phi) is 3.04. The van der Waals surface area contributed by atoms with Crippen LogP contribution in [0.3, 0.4) is 0 Å². The van der Waals surface area contributed by atoms with Gasteiger partial charge in [0, 0.05) is 15.0 Å². The number of nitrogens with zero attached hydrogens (tertiary/aromatic N) is 1. The fraction of sp³-hybridized carbons (Fsp3) is 0.182. The standard InChI is InChI=1S/C11H10INO3/c1-2-16-11(15)13-9-4-3-8(12)5-7(9)6-10(13)14/h3-6,14H,2H2,1H3. The quantitative estimate of drug-likeness (QED) is 0.818. The highest BCUT2D eigenvalue weighted by Gasteiger charge is 2.15. The van der Waals surface area contributed by atoms with Gasteiger partial charge in [0.15, 0.2) is 0 Å². The highest BCUT2D eigenvalue weighted by molar-refractivity contribution is 14.1. The van der Waals surface area contributed by atoms with Crippen molar-refractivity contribution >= 4 is 39.6 Å². The van der Waals surface area contributed by atoms with E-state index in [0.29, 0.717) is 5.52 Å². The second kappa shape index (κ2) is 4.32. The van der Waals surface area contributed by atoms with E-state index in [1.54, 1.807) is 19.1 Å². The normalized spacial score (nSPS) is 10.6. The maximum atomic E-state index is 11.6. The predicted octanol–water partition coefficient (Wildman–Crippen LogP) is 2.96. The van der Waals surface area contributed by atoms with Crippen LogP contribution >= 0.6 is 22.6 Å². The zero-order chi connectivity index (χ0) is 11.7. The average molecular weight is 331 g/mol. The Balaban J connectivity index is 2.60. The summed E-state index contributed by atoms with van der Waals surface area (Å²) in [6, 6.07) is 7.10. The Morgan fingerprint density at radius 2 is 2.25 bits per heavy atom. The van der Waals surface area contributed by atoms with Gasteiger partial charge in [-0.15, -0.1) is 0 Å². The van der Waals surface area contributed by atoms with Crippen LogP contribution in [0.5, 0.6) is 5.88 Å². The molecule has 0 aliphatic heterocycles. The molecule has 0 radical (unpaired) electrons. The van der Waals surface area contributed by atoms with E-state index in [1.807, 2.05) is 12.1 Å². The van der Waals surface area contributed by atoms with Gasteiger partial charge in [-0.1, -0.05) is 0 Å². The van der Waals surface area contributed by atoms with E-state index >= 15 is 0 Å². The van der Waals surface area contributed by atoms with Crippen molar-refractivity contribution in [3.05, 3.63) is 27.8 Å². The van der Waals surface area contributed by atoms with E-state index in [0.717, 1.165) is 13.5 Å². The summed E-state index contributed by atoms with van der Waals surface area (Å²) < 4.78 is 7.08. The number of rotatable bonds is 1. The van der Waals surface area contributed by atoms with Crippen LogP contribution in [0.1, 0.15) is 6.92 Å². The molecule has 0 amide bonds. The fourth-order valence-corrected chi connectivity index (χ4v) is 2.07. The van der Waals surface area contributed by atoms with Crippen molar-refractivity contribution in [3.63, 3.8) is 0 Å². The molecule has 0 aliphatic rings. The molecule has 0 aliphatic carbocycles. The van der Waals surface area contributed by atoms with Gasteiger partial charge in [-0.2, -0.15) is 0 Å². The first-order valence-corrected chi connectivity index (χ1v) is 5.88. The Bertz CT molecular complexity index is 547. The van der Waals surface area contributed by atoms with Crippen LogP contribution in [0, 0.1) is 3.57 Å². The Hall–Kier alpha value is -1.24. The summed E-state index contributed by atoms with van der Waals surface area (Å²) in [5.74, 6) is -0.101.